The van der Waals surface area contributed by atoms with Crippen LogP contribution in [0.15, 0.2) is 36.7 Å². The molecule has 1 aromatic carbocycles. The van der Waals surface area contributed by atoms with E-state index in [-0.39, 0.29) is 5.91 Å². The van der Waals surface area contributed by atoms with Gasteiger partial charge in [0, 0.05) is 62.2 Å². The van der Waals surface area contributed by atoms with Crippen LogP contribution < -0.4 is 0 Å². The van der Waals surface area contributed by atoms with E-state index in [4.69, 9.17) is 4.74 Å². The molecule has 0 spiro atoms. The molecule has 1 aliphatic rings. The predicted octanol–water partition coefficient (Wildman–Crippen LogP) is 3.34. The van der Waals surface area contributed by atoms with Crippen molar-refractivity contribution in [2.24, 2.45) is 5.92 Å². The van der Waals surface area contributed by atoms with Crippen LogP contribution in [-0.4, -0.2) is 52.1 Å². The number of hydrogen-bond donors (Lipinski definition) is 1. The fourth-order valence-corrected chi connectivity index (χ4v) is 4.36. The molecule has 6 heteroatoms. The zero-order valence-corrected chi connectivity index (χ0v) is 17.4. The van der Waals surface area contributed by atoms with Crippen LogP contribution in [0.4, 0.5) is 0 Å². The number of aromatic amines is 1. The zero-order valence-electron chi connectivity index (χ0n) is 17.4. The summed E-state index contributed by atoms with van der Waals surface area (Å²) in [6, 6.07) is 8.16. The van der Waals surface area contributed by atoms with Crippen molar-refractivity contribution in [3.63, 3.8) is 0 Å². The number of para-hydroxylation sites is 1. The Morgan fingerprint density at radius 2 is 2.07 bits per heavy atom. The van der Waals surface area contributed by atoms with Gasteiger partial charge in [-0.3, -0.25) is 4.79 Å². The Balaban J connectivity index is 1.32. The summed E-state index contributed by atoms with van der Waals surface area (Å²) in [5.41, 5.74) is 3.36. The minimum absolute atomic E-state index is 0.227. The molecule has 0 bridgehead atoms. The number of rotatable bonds is 7. The van der Waals surface area contributed by atoms with Crippen LogP contribution >= 0.6 is 0 Å². The number of likely N-dealkylation sites (tertiary alicyclic amines) is 1. The topological polar surface area (TPSA) is 63.1 Å². The number of amides is 1. The molecule has 0 saturated carbocycles. The van der Waals surface area contributed by atoms with Gasteiger partial charge in [-0.1, -0.05) is 18.2 Å². The lowest BCUT2D eigenvalue weighted by atomic mass is 9.93. The third-order valence-electron chi connectivity index (χ3n) is 6.11. The maximum Gasteiger partial charge on any atom is 0.227 e. The minimum Gasteiger partial charge on any atom is -0.383 e. The van der Waals surface area contributed by atoms with E-state index in [2.05, 4.69) is 27.5 Å². The maximum atomic E-state index is 12.8. The van der Waals surface area contributed by atoms with Gasteiger partial charge in [0.25, 0.3) is 0 Å². The highest BCUT2D eigenvalue weighted by Crippen LogP contribution is 2.24. The van der Waals surface area contributed by atoms with Gasteiger partial charge in [-0.05, 0) is 37.3 Å². The van der Waals surface area contributed by atoms with Gasteiger partial charge >= 0.3 is 0 Å². The Hall–Kier alpha value is -2.60. The number of nitrogens with zero attached hydrogens (tertiary/aromatic N) is 3. The van der Waals surface area contributed by atoms with E-state index in [1.54, 1.807) is 7.11 Å². The Kier molecular flexibility index (Phi) is 6.00. The highest BCUT2D eigenvalue weighted by Gasteiger charge is 2.25. The molecular formula is C23H30N4O2. The first-order valence-corrected chi connectivity index (χ1v) is 10.5. The second-order valence-electron chi connectivity index (χ2n) is 8.02. The Bertz CT molecular complexity index is 966. The summed E-state index contributed by atoms with van der Waals surface area (Å²) in [5, 5.41) is 1.15. The number of hydrogen-bond acceptors (Lipinski definition) is 3. The number of benzene rings is 1. The summed E-state index contributed by atoms with van der Waals surface area (Å²) in [7, 11) is 1.73. The van der Waals surface area contributed by atoms with E-state index in [0.717, 1.165) is 61.2 Å². The summed E-state index contributed by atoms with van der Waals surface area (Å²) in [4.78, 5) is 22.7. The van der Waals surface area contributed by atoms with Crippen molar-refractivity contribution in [2.45, 2.75) is 39.2 Å². The highest BCUT2D eigenvalue weighted by atomic mass is 16.5. The Morgan fingerprint density at radius 1 is 1.28 bits per heavy atom. The molecule has 6 nitrogen and oxygen atoms in total. The van der Waals surface area contributed by atoms with Crippen molar-refractivity contribution in [2.75, 3.05) is 26.8 Å². The Morgan fingerprint density at radius 3 is 2.86 bits per heavy atom. The lowest BCUT2D eigenvalue weighted by molar-refractivity contribution is -0.131. The molecule has 29 heavy (non-hydrogen) atoms. The molecule has 3 heterocycles. The second kappa shape index (κ2) is 8.82. The van der Waals surface area contributed by atoms with Crippen molar-refractivity contribution < 1.29 is 9.53 Å². The Labute approximate surface area is 171 Å². The van der Waals surface area contributed by atoms with Gasteiger partial charge in [0.15, 0.2) is 0 Å². The van der Waals surface area contributed by atoms with Crippen molar-refractivity contribution in [1.29, 1.82) is 0 Å². The van der Waals surface area contributed by atoms with Crippen LogP contribution in [0, 0.1) is 12.8 Å². The van der Waals surface area contributed by atoms with Gasteiger partial charge in [-0.2, -0.15) is 0 Å². The zero-order chi connectivity index (χ0) is 20.2. The molecule has 2 aromatic heterocycles. The molecule has 0 aliphatic carbocycles. The summed E-state index contributed by atoms with van der Waals surface area (Å²) in [6.45, 7) is 5.32. The number of aromatic nitrogens is 3. The molecule has 154 valence electrons. The van der Waals surface area contributed by atoms with Crippen LogP contribution in [0.1, 0.15) is 29.9 Å². The molecule has 1 aliphatic heterocycles. The molecule has 4 rings (SSSR count). The van der Waals surface area contributed by atoms with Crippen molar-refractivity contribution in [3.05, 3.63) is 53.7 Å². The van der Waals surface area contributed by atoms with Gasteiger partial charge < -0.3 is 19.2 Å². The van der Waals surface area contributed by atoms with Crippen LogP contribution in [0.5, 0.6) is 0 Å². The number of carbonyl (C=O) groups is 1. The predicted molar refractivity (Wildman–Crippen MR) is 114 cm³/mol. The normalized spacial score (nSPS) is 15.3. The van der Waals surface area contributed by atoms with E-state index in [9.17, 15) is 4.79 Å². The van der Waals surface area contributed by atoms with Gasteiger partial charge in [0.05, 0.1) is 13.0 Å². The van der Waals surface area contributed by atoms with E-state index in [1.807, 2.05) is 35.5 Å². The first kappa shape index (κ1) is 19.7. The monoisotopic (exact) mass is 394 g/mol. The fraction of sp³-hybridized carbons (Fsp3) is 0.478. The third-order valence-corrected chi connectivity index (χ3v) is 6.11. The van der Waals surface area contributed by atoms with E-state index in [1.165, 1.54) is 5.69 Å². The first-order valence-electron chi connectivity index (χ1n) is 10.5. The SMILES string of the molecule is COCCn1c(C)cnc1CC1CCN(C(=O)Cc2c[nH]c3ccccc23)CC1. The number of ether oxygens (including phenoxy) is 1. The van der Waals surface area contributed by atoms with Crippen molar-refractivity contribution >= 4 is 16.8 Å². The van der Waals surface area contributed by atoms with Gasteiger partial charge in [0.1, 0.15) is 5.82 Å². The molecule has 1 amide bonds. The van der Waals surface area contributed by atoms with Gasteiger partial charge in [-0.15, -0.1) is 0 Å². The number of H-pyrrole nitrogens is 1. The van der Waals surface area contributed by atoms with Crippen LogP contribution in [0.3, 0.4) is 0 Å². The summed E-state index contributed by atoms with van der Waals surface area (Å²) < 4.78 is 7.49. The number of carbonyl (C=O) groups excluding carboxylic acids is 1. The van der Waals surface area contributed by atoms with E-state index < -0.39 is 0 Å². The van der Waals surface area contributed by atoms with E-state index >= 15 is 0 Å². The average Bonchev–Trinajstić information content (AvgIpc) is 3.30. The van der Waals surface area contributed by atoms with Crippen LogP contribution in [-0.2, 0) is 28.9 Å². The largest absolute Gasteiger partial charge is 0.383 e. The molecule has 3 aromatic rings. The van der Waals surface area contributed by atoms with Crippen molar-refractivity contribution in [1.82, 2.24) is 19.4 Å². The molecule has 1 N–H and O–H groups in total. The second-order valence-corrected chi connectivity index (χ2v) is 8.02. The number of nitrogens with one attached hydrogen (secondary N) is 1. The molecule has 0 unspecified atom stereocenters. The number of imidazole rings is 1. The number of piperidine rings is 1. The highest BCUT2D eigenvalue weighted by molar-refractivity contribution is 5.88. The van der Waals surface area contributed by atoms with Gasteiger partial charge in [-0.25, -0.2) is 4.98 Å². The van der Waals surface area contributed by atoms with Crippen molar-refractivity contribution in [3.8, 4) is 0 Å². The van der Waals surface area contributed by atoms with Crippen LogP contribution in [0.2, 0.25) is 0 Å². The molecule has 0 radical (unpaired) electrons. The van der Waals surface area contributed by atoms with Crippen LogP contribution in [0.25, 0.3) is 10.9 Å². The average molecular weight is 395 g/mol. The molecule has 1 fully saturated rings. The fourth-order valence-electron chi connectivity index (χ4n) is 4.36. The molecule has 0 atom stereocenters. The number of fused-ring (bicyclic) bond motifs is 1. The summed E-state index contributed by atoms with van der Waals surface area (Å²) >= 11 is 0. The molecule has 1 saturated heterocycles. The minimum atomic E-state index is 0.227. The lowest BCUT2D eigenvalue weighted by Crippen LogP contribution is -2.39. The molecular weight excluding hydrogens is 364 g/mol. The quantitative estimate of drug-likeness (QED) is 0.668. The summed E-state index contributed by atoms with van der Waals surface area (Å²) in [6.07, 6.45) is 7.44. The summed E-state index contributed by atoms with van der Waals surface area (Å²) in [5.74, 6) is 1.95. The maximum absolute atomic E-state index is 12.8. The standard InChI is InChI=1S/C23H30N4O2/c1-17-15-25-22(27(17)11-12-29-2)13-18-7-9-26(10-8-18)23(28)14-19-16-24-21-6-4-3-5-20(19)21/h3-6,15-16,18,24H,7-14H2,1-2H3. The van der Waals surface area contributed by atoms with Gasteiger partial charge in [0.2, 0.25) is 5.91 Å². The number of methoxy groups -OCH3 is 1. The number of aryl methyl sites for hydroxylation is 1. The lowest BCUT2D eigenvalue weighted by Gasteiger charge is -2.32. The van der Waals surface area contributed by atoms with E-state index in [0.29, 0.717) is 18.9 Å². The third kappa shape index (κ3) is 4.37. The first-order chi connectivity index (χ1) is 14.2. The smallest absolute Gasteiger partial charge is 0.227 e.